The molecule has 0 spiro atoms. The van der Waals surface area contributed by atoms with E-state index in [1.165, 1.54) is 22.0 Å². The van der Waals surface area contributed by atoms with Crippen molar-refractivity contribution in [2.75, 3.05) is 11.0 Å². The molecule has 1 atom stereocenters. The van der Waals surface area contributed by atoms with Gasteiger partial charge in [0.2, 0.25) is 0 Å². The standard InChI is InChI=1S/C23H39IO2Si/c1-20(11-10-17-24)14-15-22(26-27(5,6)23(2,3)4)16-18-25-19-21-12-8-7-9-13-21/h7-9,11-13,22H,10,14-19H2,1-6H3/b20-11+/t22-/m0/s1. The molecule has 0 aliphatic rings. The maximum absolute atomic E-state index is 6.74. The lowest BCUT2D eigenvalue weighted by molar-refractivity contribution is 0.0743. The van der Waals surface area contributed by atoms with Crippen LogP contribution in [0.3, 0.4) is 0 Å². The Morgan fingerprint density at radius 2 is 1.81 bits per heavy atom. The molecule has 0 aliphatic heterocycles. The second-order valence-corrected chi connectivity index (χ2v) is 14.7. The highest BCUT2D eigenvalue weighted by Gasteiger charge is 2.38. The first kappa shape index (κ1) is 24.9. The molecule has 1 rings (SSSR count). The van der Waals surface area contributed by atoms with Gasteiger partial charge in [0.05, 0.1) is 6.61 Å². The van der Waals surface area contributed by atoms with Gasteiger partial charge in [-0.2, -0.15) is 0 Å². The van der Waals surface area contributed by atoms with Crippen LogP contribution in [-0.4, -0.2) is 25.5 Å². The van der Waals surface area contributed by atoms with Gasteiger partial charge in [0, 0.05) is 17.1 Å². The van der Waals surface area contributed by atoms with Crippen molar-refractivity contribution in [1.82, 2.24) is 0 Å². The molecular formula is C23H39IO2Si. The van der Waals surface area contributed by atoms with E-state index in [0.717, 1.165) is 25.9 Å². The van der Waals surface area contributed by atoms with Crippen molar-refractivity contribution in [3.8, 4) is 0 Å². The highest BCUT2D eigenvalue weighted by molar-refractivity contribution is 14.1. The van der Waals surface area contributed by atoms with Crippen LogP contribution in [0.15, 0.2) is 42.0 Å². The molecule has 1 aromatic carbocycles. The SMILES string of the molecule is C/C(=C\CCI)CC[C@@H](CCOCc1ccccc1)O[Si](C)(C)C(C)(C)C. The second-order valence-electron chi connectivity index (χ2n) is 8.89. The predicted molar refractivity (Wildman–Crippen MR) is 129 cm³/mol. The minimum absolute atomic E-state index is 0.238. The first-order chi connectivity index (χ1) is 12.7. The highest BCUT2D eigenvalue weighted by atomic mass is 127. The molecule has 0 N–H and O–H groups in total. The first-order valence-corrected chi connectivity index (χ1v) is 14.6. The lowest BCUT2D eigenvalue weighted by atomic mass is 10.1. The summed E-state index contributed by atoms with van der Waals surface area (Å²) >= 11 is 2.44. The van der Waals surface area contributed by atoms with E-state index < -0.39 is 8.32 Å². The predicted octanol–water partition coefficient (Wildman–Crippen LogP) is 7.54. The average Bonchev–Trinajstić information content (AvgIpc) is 2.61. The minimum atomic E-state index is -1.77. The molecule has 27 heavy (non-hydrogen) atoms. The van der Waals surface area contributed by atoms with Crippen LogP contribution in [0, 0.1) is 0 Å². The van der Waals surface area contributed by atoms with Crippen LogP contribution in [-0.2, 0) is 15.8 Å². The highest BCUT2D eigenvalue weighted by Crippen LogP contribution is 2.38. The largest absolute Gasteiger partial charge is 0.414 e. The molecule has 0 bridgehead atoms. The van der Waals surface area contributed by atoms with Gasteiger partial charge in [0.15, 0.2) is 8.32 Å². The third kappa shape index (κ3) is 10.2. The lowest BCUT2D eigenvalue weighted by Gasteiger charge is -2.39. The first-order valence-electron chi connectivity index (χ1n) is 10.2. The van der Waals surface area contributed by atoms with Gasteiger partial charge < -0.3 is 9.16 Å². The molecule has 0 heterocycles. The summed E-state index contributed by atoms with van der Waals surface area (Å²) in [7, 11) is -1.77. The van der Waals surface area contributed by atoms with E-state index in [-0.39, 0.29) is 11.1 Å². The molecule has 0 amide bonds. The summed E-state index contributed by atoms with van der Waals surface area (Å²) in [4.78, 5) is 0. The van der Waals surface area contributed by atoms with Crippen molar-refractivity contribution in [2.24, 2.45) is 0 Å². The van der Waals surface area contributed by atoms with Crippen molar-refractivity contribution in [2.45, 2.75) is 84.2 Å². The summed E-state index contributed by atoms with van der Waals surface area (Å²) in [5, 5.41) is 0.238. The third-order valence-corrected chi connectivity index (χ3v) is 10.6. The van der Waals surface area contributed by atoms with E-state index in [4.69, 9.17) is 9.16 Å². The zero-order valence-electron chi connectivity index (χ0n) is 18.2. The van der Waals surface area contributed by atoms with Crippen molar-refractivity contribution in [3.63, 3.8) is 0 Å². The van der Waals surface area contributed by atoms with Crippen LogP contribution >= 0.6 is 22.6 Å². The molecule has 4 heteroatoms. The van der Waals surface area contributed by atoms with Crippen molar-refractivity contribution < 1.29 is 9.16 Å². The summed E-state index contributed by atoms with van der Waals surface area (Å²) in [6.45, 7) is 15.3. The number of hydrogen-bond donors (Lipinski definition) is 0. The Hall–Kier alpha value is -0.173. The minimum Gasteiger partial charge on any atom is -0.414 e. The number of alkyl halides is 1. The molecule has 2 nitrogen and oxygen atoms in total. The van der Waals surface area contributed by atoms with Gasteiger partial charge in [-0.05, 0) is 56.3 Å². The molecule has 0 unspecified atom stereocenters. The number of allylic oxidation sites excluding steroid dienone is 2. The van der Waals surface area contributed by atoms with Gasteiger partial charge in [-0.15, -0.1) is 0 Å². The van der Waals surface area contributed by atoms with Gasteiger partial charge in [0.25, 0.3) is 0 Å². The Labute approximate surface area is 182 Å². The summed E-state index contributed by atoms with van der Waals surface area (Å²) < 4.78 is 13.9. The number of ether oxygens (including phenoxy) is 1. The molecule has 0 saturated carbocycles. The van der Waals surface area contributed by atoms with Crippen molar-refractivity contribution >= 4 is 30.9 Å². The van der Waals surface area contributed by atoms with E-state index in [2.05, 4.69) is 93.7 Å². The van der Waals surface area contributed by atoms with Crippen LogP contribution in [0.2, 0.25) is 18.1 Å². The monoisotopic (exact) mass is 502 g/mol. The number of benzene rings is 1. The summed E-state index contributed by atoms with van der Waals surface area (Å²) in [6, 6.07) is 10.4. The zero-order valence-corrected chi connectivity index (χ0v) is 21.3. The Kier molecular flexibility index (Phi) is 11.4. The van der Waals surface area contributed by atoms with Crippen molar-refractivity contribution in [3.05, 3.63) is 47.5 Å². The number of hydrogen-bond acceptors (Lipinski definition) is 2. The molecular weight excluding hydrogens is 463 g/mol. The van der Waals surface area contributed by atoms with E-state index in [1.807, 2.05) is 6.07 Å². The van der Waals surface area contributed by atoms with Crippen LogP contribution in [0.4, 0.5) is 0 Å². The Balaban J connectivity index is 2.58. The summed E-state index contributed by atoms with van der Waals surface area (Å²) in [5.74, 6) is 0. The van der Waals surface area contributed by atoms with Gasteiger partial charge >= 0.3 is 0 Å². The second kappa shape index (κ2) is 12.4. The van der Waals surface area contributed by atoms with Crippen LogP contribution < -0.4 is 0 Å². The molecule has 0 saturated heterocycles. The smallest absolute Gasteiger partial charge is 0.192 e. The Morgan fingerprint density at radius 3 is 2.41 bits per heavy atom. The molecule has 0 fully saturated rings. The molecule has 154 valence electrons. The third-order valence-electron chi connectivity index (χ3n) is 5.43. The summed E-state index contributed by atoms with van der Waals surface area (Å²) in [5.41, 5.74) is 2.72. The fourth-order valence-corrected chi connectivity index (χ4v) is 4.36. The van der Waals surface area contributed by atoms with Crippen LogP contribution in [0.25, 0.3) is 0 Å². The van der Waals surface area contributed by atoms with E-state index in [1.54, 1.807) is 0 Å². The van der Waals surface area contributed by atoms with Crippen LogP contribution in [0.1, 0.15) is 58.9 Å². The maximum atomic E-state index is 6.74. The Bertz CT molecular complexity index is 549. The zero-order chi connectivity index (χ0) is 20.3. The molecule has 0 aromatic heterocycles. The van der Waals surface area contributed by atoms with E-state index >= 15 is 0 Å². The van der Waals surface area contributed by atoms with Gasteiger partial charge in [-0.3, -0.25) is 0 Å². The van der Waals surface area contributed by atoms with Crippen molar-refractivity contribution in [1.29, 1.82) is 0 Å². The van der Waals surface area contributed by atoms with Gasteiger partial charge in [-0.25, -0.2) is 0 Å². The lowest BCUT2D eigenvalue weighted by Crippen LogP contribution is -2.44. The maximum Gasteiger partial charge on any atom is 0.192 e. The normalized spacial score (nSPS) is 14.4. The molecule has 0 radical (unpaired) electrons. The quantitative estimate of drug-likeness (QED) is 0.0967. The topological polar surface area (TPSA) is 18.5 Å². The molecule has 1 aromatic rings. The van der Waals surface area contributed by atoms with Crippen LogP contribution in [0.5, 0.6) is 0 Å². The number of rotatable bonds is 12. The average molecular weight is 503 g/mol. The summed E-state index contributed by atoms with van der Waals surface area (Å²) in [6.07, 6.45) is 7.00. The van der Waals surface area contributed by atoms with Gasteiger partial charge in [-0.1, -0.05) is 85.3 Å². The number of halogens is 1. The Morgan fingerprint density at radius 1 is 1.15 bits per heavy atom. The van der Waals surface area contributed by atoms with Gasteiger partial charge in [0.1, 0.15) is 0 Å². The van der Waals surface area contributed by atoms with E-state index in [9.17, 15) is 0 Å². The fraction of sp³-hybridized carbons (Fsp3) is 0.652. The van der Waals surface area contributed by atoms with E-state index in [0.29, 0.717) is 6.61 Å². The molecule has 0 aliphatic carbocycles. The fourth-order valence-electron chi connectivity index (χ4n) is 2.63.